The molecule has 0 N–H and O–H groups in total. The normalized spacial score (nSPS) is 22.9. The molecule has 0 aromatic carbocycles. The van der Waals surface area contributed by atoms with Crippen molar-refractivity contribution < 1.29 is 13.2 Å². The van der Waals surface area contributed by atoms with Gasteiger partial charge in [0.1, 0.15) is 0 Å². The largest absolute Gasteiger partial charge is 0.342 e. The van der Waals surface area contributed by atoms with Crippen LogP contribution in [0.2, 0.25) is 0 Å². The number of sulfone groups is 1. The van der Waals surface area contributed by atoms with Crippen LogP contribution in [-0.4, -0.2) is 67.9 Å². The molecule has 2 aliphatic rings. The summed E-state index contributed by atoms with van der Waals surface area (Å²) in [4.78, 5) is 16.8. The number of likely N-dealkylation sites (tertiary alicyclic amines) is 1. The average molecular weight is 340 g/mol. The fourth-order valence-corrected chi connectivity index (χ4v) is 4.73. The number of rotatable bonds is 6. The van der Waals surface area contributed by atoms with Gasteiger partial charge in [0.25, 0.3) is 0 Å². The second kappa shape index (κ2) is 8.11. The molecular weight excluding hydrogens is 312 g/mol. The van der Waals surface area contributed by atoms with Crippen LogP contribution in [-0.2, 0) is 14.6 Å². The molecule has 0 bridgehead atoms. The van der Waals surface area contributed by atoms with Crippen LogP contribution in [0, 0.1) is 5.92 Å². The van der Waals surface area contributed by atoms with Crippen LogP contribution in [0.3, 0.4) is 0 Å². The molecule has 2 rings (SSSR count). The smallest absolute Gasteiger partial charge is 0.226 e. The Balaban J connectivity index is 1.84. The first kappa shape index (κ1) is 18.2. The average Bonchev–Trinajstić information content (AvgIpc) is 2.54. The van der Waals surface area contributed by atoms with Crippen LogP contribution in [0.15, 0.2) is 25.3 Å². The maximum absolute atomic E-state index is 12.6. The van der Waals surface area contributed by atoms with E-state index in [0.29, 0.717) is 32.0 Å². The highest BCUT2D eigenvalue weighted by atomic mass is 32.2. The van der Waals surface area contributed by atoms with Gasteiger partial charge in [0.2, 0.25) is 5.91 Å². The third-order valence-electron chi connectivity index (χ3n) is 4.92. The van der Waals surface area contributed by atoms with Gasteiger partial charge in [-0.3, -0.25) is 9.69 Å². The number of allylic oxidation sites excluding steroid dienone is 2. The SMILES string of the molecule is C=CCC(CC=C)C(=O)N1CCC(N2CCS(=O)(=O)CC2)CC1. The van der Waals surface area contributed by atoms with Crippen molar-refractivity contribution in [2.24, 2.45) is 5.92 Å². The van der Waals surface area contributed by atoms with Crippen molar-refractivity contribution in [2.75, 3.05) is 37.7 Å². The van der Waals surface area contributed by atoms with E-state index in [2.05, 4.69) is 18.1 Å². The van der Waals surface area contributed by atoms with E-state index in [1.54, 1.807) is 12.2 Å². The Morgan fingerprint density at radius 3 is 2.04 bits per heavy atom. The monoisotopic (exact) mass is 340 g/mol. The summed E-state index contributed by atoms with van der Waals surface area (Å²) >= 11 is 0. The molecule has 0 atom stereocenters. The Kier molecular flexibility index (Phi) is 6.41. The summed E-state index contributed by atoms with van der Waals surface area (Å²) in [6.07, 6.45) is 6.84. The summed E-state index contributed by atoms with van der Waals surface area (Å²) in [7, 11) is -2.83. The van der Waals surface area contributed by atoms with Gasteiger partial charge in [-0.2, -0.15) is 0 Å². The molecule has 0 aromatic rings. The van der Waals surface area contributed by atoms with Crippen LogP contribution in [0.4, 0.5) is 0 Å². The van der Waals surface area contributed by atoms with Crippen molar-refractivity contribution in [3.05, 3.63) is 25.3 Å². The van der Waals surface area contributed by atoms with Gasteiger partial charge >= 0.3 is 0 Å². The third kappa shape index (κ3) is 4.91. The molecule has 0 spiro atoms. The molecule has 1 amide bonds. The van der Waals surface area contributed by atoms with Crippen LogP contribution >= 0.6 is 0 Å². The lowest BCUT2D eigenvalue weighted by molar-refractivity contribution is -0.137. The van der Waals surface area contributed by atoms with E-state index in [1.165, 1.54) is 0 Å². The van der Waals surface area contributed by atoms with E-state index in [4.69, 9.17) is 0 Å². The number of hydrogen-bond donors (Lipinski definition) is 0. The van der Waals surface area contributed by atoms with Gasteiger partial charge in [-0.05, 0) is 25.7 Å². The lowest BCUT2D eigenvalue weighted by Crippen LogP contribution is -2.52. The van der Waals surface area contributed by atoms with Gasteiger partial charge in [0.15, 0.2) is 9.84 Å². The molecule has 0 unspecified atom stereocenters. The lowest BCUT2D eigenvalue weighted by Gasteiger charge is -2.40. The van der Waals surface area contributed by atoms with Gasteiger partial charge in [-0.25, -0.2) is 8.42 Å². The number of nitrogens with zero attached hydrogens (tertiary/aromatic N) is 2. The number of carbonyl (C=O) groups excluding carboxylic acids is 1. The first-order valence-electron chi connectivity index (χ1n) is 8.42. The van der Waals surface area contributed by atoms with E-state index in [0.717, 1.165) is 25.9 Å². The van der Waals surface area contributed by atoms with E-state index in [9.17, 15) is 13.2 Å². The highest BCUT2D eigenvalue weighted by Gasteiger charge is 2.32. The van der Waals surface area contributed by atoms with Gasteiger partial charge in [-0.1, -0.05) is 12.2 Å². The van der Waals surface area contributed by atoms with Gasteiger partial charge in [0.05, 0.1) is 11.5 Å². The Bertz CT molecular complexity index is 512. The Hall–Kier alpha value is -1.14. The Morgan fingerprint density at radius 1 is 1.04 bits per heavy atom. The van der Waals surface area contributed by atoms with Crippen molar-refractivity contribution in [3.8, 4) is 0 Å². The molecule has 0 saturated carbocycles. The number of piperidine rings is 1. The van der Waals surface area contributed by atoms with Gasteiger partial charge < -0.3 is 4.90 Å². The van der Waals surface area contributed by atoms with Crippen molar-refractivity contribution in [3.63, 3.8) is 0 Å². The predicted octanol–water partition coefficient (Wildman–Crippen LogP) is 1.48. The molecule has 23 heavy (non-hydrogen) atoms. The molecular formula is C17H28N2O3S. The summed E-state index contributed by atoms with van der Waals surface area (Å²) in [6.45, 7) is 10.3. The summed E-state index contributed by atoms with van der Waals surface area (Å²) < 4.78 is 23.0. The molecule has 0 aliphatic carbocycles. The standard InChI is InChI=1S/C17H28N2O3S/c1-3-5-15(6-4-2)17(20)19-9-7-16(8-10-19)18-11-13-23(21,22)14-12-18/h3-4,15-16H,1-2,5-14H2. The second-order valence-electron chi connectivity index (χ2n) is 6.49. The minimum Gasteiger partial charge on any atom is -0.342 e. The summed E-state index contributed by atoms with van der Waals surface area (Å²) in [5.74, 6) is 0.700. The first-order valence-corrected chi connectivity index (χ1v) is 10.2. The van der Waals surface area contributed by atoms with Crippen molar-refractivity contribution in [1.29, 1.82) is 0 Å². The summed E-state index contributed by atoms with van der Waals surface area (Å²) in [6, 6.07) is 0.409. The van der Waals surface area contributed by atoms with Gasteiger partial charge in [0, 0.05) is 38.1 Å². The fraction of sp³-hybridized carbons (Fsp3) is 0.706. The molecule has 2 fully saturated rings. The van der Waals surface area contributed by atoms with E-state index in [-0.39, 0.29) is 23.3 Å². The molecule has 0 aromatic heterocycles. The number of carbonyl (C=O) groups is 1. The van der Waals surface area contributed by atoms with Crippen LogP contribution in [0.25, 0.3) is 0 Å². The fourth-order valence-electron chi connectivity index (χ4n) is 3.50. The number of hydrogen-bond acceptors (Lipinski definition) is 4. The quantitative estimate of drug-likeness (QED) is 0.687. The molecule has 2 heterocycles. The third-order valence-corrected chi connectivity index (χ3v) is 6.53. The highest BCUT2D eigenvalue weighted by molar-refractivity contribution is 7.91. The van der Waals surface area contributed by atoms with E-state index in [1.807, 2.05) is 4.90 Å². The minimum absolute atomic E-state index is 0.0401. The zero-order valence-corrected chi connectivity index (χ0v) is 14.6. The molecule has 5 nitrogen and oxygen atoms in total. The maximum atomic E-state index is 12.6. The molecule has 6 heteroatoms. The van der Waals surface area contributed by atoms with Crippen molar-refractivity contribution in [2.45, 2.75) is 31.7 Å². The zero-order valence-electron chi connectivity index (χ0n) is 13.8. The summed E-state index contributed by atoms with van der Waals surface area (Å²) in [5.41, 5.74) is 0. The van der Waals surface area contributed by atoms with E-state index >= 15 is 0 Å². The molecule has 2 saturated heterocycles. The second-order valence-corrected chi connectivity index (χ2v) is 8.79. The maximum Gasteiger partial charge on any atom is 0.226 e. The molecule has 130 valence electrons. The van der Waals surface area contributed by atoms with Crippen molar-refractivity contribution >= 4 is 15.7 Å². The Labute approximate surface area is 139 Å². The zero-order chi connectivity index (χ0) is 16.9. The number of amides is 1. The molecule has 2 aliphatic heterocycles. The lowest BCUT2D eigenvalue weighted by atomic mass is 9.96. The molecule has 0 radical (unpaired) electrons. The van der Waals surface area contributed by atoms with Crippen molar-refractivity contribution in [1.82, 2.24) is 9.80 Å². The van der Waals surface area contributed by atoms with Crippen LogP contribution < -0.4 is 0 Å². The first-order chi connectivity index (χ1) is 11.0. The van der Waals surface area contributed by atoms with Gasteiger partial charge in [-0.15, -0.1) is 13.2 Å². The minimum atomic E-state index is -2.83. The predicted molar refractivity (Wildman–Crippen MR) is 92.9 cm³/mol. The van der Waals surface area contributed by atoms with E-state index < -0.39 is 9.84 Å². The topological polar surface area (TPSA) is 57.7 Å². The van der Waals surface area contributed by atoms with Crippen LogP contribution in [0.1, 0.15) is 25.7 Å². The Morgan fingerprint density at radius 2 is 1.57 bits per heavy atom. The highest BCUT2D eigenvalue weighted by Crippen LogP contribution is 2.22. The van der Waals surface area contributed by atoms with Crippen LogP contribution in [0.5, 0.6) is 0 Å². The summed E-state index contributed by atoms with van der Waals surface area (Å²) in [5, 5.41) is 0.